The zero-order valence-corrected chi connectivity index (χ0v) is 23.4. The molecular weight excluding hydrogens is 593 g/mol. The first-order valence-electron chi connectivity index (χ1n) is 11.6. The van der Waals surface area contributed by atoms with Crippen molar-refractivity contribution < 1.29 is 9.53 Å². The molecule has 2 heterocycles. The van der Waals surface area contributed by atoms with Gasteiger partial charge in [0.25, 0.3) is 0 Å². The predicted octanol–water partition coefficient (Wildman–Crippen LogP) is 8.27. The van der Waals surface area contributed by atoms with E-state index in [-0.39, 0.29) is 5.88 Å². The van der Waals surface area contributed by atoms with E-state index in [0.717, 1.165) is 39.0 Å². The molecule has 0 bridgehead atoms. The largest absolute Gasteiger partial charge is 0.414 e. The minimum Gasteiger partial charge on any atom is -0.389 e. The lowest BCUT2D eigenvalue weighted by Crippen LogP contribution is -2.30. The average Bonchev–Trinajstić information content (AvgIpc) is 3.26. The molecule has 1 amide bonds. The number of thioether (sulfide) groups is 1. The summed E-state index contributed by atoms with van der Waals surface area (Å²) in [5.41, 5.74) is 4.54. The maximum Gasteiger partial charge on any atom is 0.414 e. The van der Waals surface area contributed by atoms with Gasteiger partial charge >= 0.3 is 6.09 Å². The number of carbonyl (C=O) groups is 1. The lowest BCUT2D eigenvalue weighted by Gasteiger charge is -2.16. The van der Waals surface area contributed by atoms with E-state index in [1.807, 2.05) is 72.8 Å². The second-order valence-corrected chi connectivity index (χ2v) is 11.2. The van der Waals surface area contributed by atoms with Gasteiger partial charge in [-0.05, 0) is 53.6 Å². The maximum absolute atomic E-state index is 13.1. The Hall–Kier alpha value is -2.71. The van der Waals surface area contributed by atoms with Crippen LogP contribution in [0.25, 0.3) is 11.8 Å². The van der Waals surface area contributed by atoms with Gasteiger partial charge in [-0.25, -0.2) is 9.48 Å². The number of hydrogen-bond acceptors (Lipinski definition) is 4. The van der Waals surface area contributed by atoms with E-state index in [1.165, 1.54) is 0 Å². The molecular formula is C28H22BrCl2N3O2S. The molecule has 0 unspecified atom stereocenters. The molecule has 0 fully saturated rings. The van der Waals surface area contributed by atoms with Gasteiger partial charge in [-0.2, -0.15) is 11.8 Å². The summed E-state index contributed by atoms with van der Waals surface area (Å²) < 4.78 is 8.56. The van der Waals surface area contributed by atoms with Crippen LogP contribution in [0.1, 0.15) is 28.4 Å². The van der Waals surface area contributed by atoms with E-state index >= 15 is 0 Å². The second kappa shape index (κ2) is 11.8. The molecule has 5 rings (SSSR count). The first-order chi connectivity index (χ1) is 18.0. The molecule has 5 nitrogen and oxygen atoms in total. The molecule has 1 aliphatic rings. The molecule has 1 N–H and O–H groups in total. The van der Waals surface area contributed by atoms with Gasteiger partial charge in [0, 0.05) is 20.8 Å². The highest BCUT2D eigenvalue weighted by molar-refractivity contribution is 9.10. The summed E-state index contributed by atoms with van der Waals surface area (Å²) in [5.74, 6) is 1.94. The highest BCUT2D eigenvalue weighted by Crippen LogP contribution is 2.35. The molecule has 0 saturated carbocycles. The number of nitrogens with zero attached hydrogens (tertiary/aromatic N) is 2. The molecule has 188 valence electrons. The molecule has 4 aromatic rings. The number of hydrogen-bond donors (Lipinski definition) is 1. The third-order valence-electron chi connectivity index (χ3n) is 5.89. The van der Waals surface area contributed by atoms with Crippen LogP contribution in [-0.2, 0) is 12.2 Å². The quantitative estimate of drug-likeness (QED) is 0.237. The van der Waals surface area contributed by atoms with Gasteiger partial charge in [-0.15, -0.1) is 5.10 Å². The maximum atomic E-state index is 13.1. The Labute approximate surface area is 237 Å². The fourth-order valence-electron chi connectivity index (χ4n) is 4.07. The van der Waals surface area contributed by atoms with Crippen molar-refractivity contribution in [2.45, 2.75) is 18.2 Å². The average molecular weight is 615 g/mol. The van der Waals surface area contributed by atoms with Crippen molar-refractivity contribution in [1.29, 1.82) is 0 Å². The Balaban J connectivity index is 1.40. The molecule has 1 atom stereocenters. The van der Waals surface area contributed by atoms with Crippen molar-refractivity contribution in [3.05, 3.63) is 116 Å². The number of halogens is 3. The van der Waals surface area contributed by atoms with E-state index in [9.17, 15) is 4.79 Å². The summed E-state index contributed by atoms with van der Waals surface area (Å²) in [6, 6.07) is 22.6. The fraction of sp³-hybridized carbons (Fsp3) is 0.143. The number of benzene rings is 3. The molecule has 0 aliphatic carbocycles. The van der Waals surface area contributed by atoms with E-state index in [1.54, 1.807) is 28.6 Å². The first-order valence-corrected chi connectivity index (χ1v) is 14.3. The molecule has 3 aromatic carbocycles. The Morgan fingerprint density at radius 2 is 1.89 bits per heavy atom. The van der Waals surface area contributed by atoms with Crippen molar-refractivity contribution in [2.75, 3.05) is 5.75 Å². The Kier molecular flexibility index (Phi) is 8.25. The summed E-state index contributed by atoms with van der Waals surface area (Å²) in [6.07, 6.45) is 4.12. The van der Waals surface area contributed by atoms with E-state index < -0.39 is 12.1 Å². The minimum absolute atomic E-state index is 0.286. The van der Waals surface area contributed by atoms with Crippen molar-refractivity contribution in [1.82, 2.24) is 15.1 Å². The van der Waals surface area contributed by atoms with Crippen molar-refractivity contribution in [3.63, 3.8) is 0 Å². The molecule has 9 heteroatoms. The molecule has 0 radical (unpaired) electrons. The van der Waals surface area contributed by atoms with Crippen molar-refractivity contribution in [3.8, 4) is 11.6 Å². The number of amides is 1. The Morgan fingerprint density at radius 1 is 1.11 bits per heavy atom. The monoisotopic (exact) mass is 613 g/mol. The van der Waals surface area contributed by atoms with E-state index in [2.05, 4.69) is 26.3 Å². The Bertz CT molecular complexity index is 1440. The molecule has 37 heavy (non-hydrogen) atoms. The van der Waals surface area contributed by atoms with Crippen LogP contribution in [0.2, 0.25) is 10.0 Å². The van der Waals surface area contributed by atoms with Gasteiger partial charge < -0.3 is 10.1 Å². The molecule has 1 aliphatic heterocycles. The summed E-state index contributed by atoms with van der Waals surface area (Å²) in [6.45, 7) is 0. The van der Waals surface area contributed by atoms with Gasteiger partial charge in [0.15, 0.2) is 0 Å². The van der Waals surface area contributed by atoms with Crippen LogP contribution in [0.15, 0.2) is 83.3 Å². The highest BCUT2D eigenvalue weighted by atomic mass is 79.9. The van der Waals surface area contributed by atoms with Gasteiger partial charge in [-0.1, -0.05) is 93.7 Å². The van der Waals surface area contributed by atoms with Crippen LogP contribution in [0, 0.1) is 0 Å². The lowest BCUT2D eigenvalue weighted by molar-refractivity contribution is 0.195. The van der Waals surface area contributed by atoms with Gasteiger partial charge in [0.2, 0.25) is 5.88 Å². The van der Waals surface area contributed by atoms with Crippen LogP contribution in [-0.4, -0.2) is 21.6 Å². The number of nitrogens with one attached hydrogen (secondary N) is 1. The summed E-state index contributed by atoms with van der Waals surface area (Å²) in [5, 5.41) is 8.65. The standard InChI is InChI=1S/C28H22BrCl2N3O2S/c29-20-9-6-18(7-10-20)8-12-24(19-4-2-1-3-5-19)32-28(35)36-27-22-17-37-15-14-25(22)34(33-27)26-13-11-21(30)16-23(26)31/h1-13,16,24H,14-15,17H2,(H,32,35)/t24-/m1/s1. The zero-order valence-electron chi connectivity index (χ0n) is 19.5. The summed E-state index contributed by atoms with van der Waals surface area (Å²) in [7, 11) is 0. The number of ether oxygens (including phenoxy) is 1. The Morgan fingerprint density at radius 3 is 2.65 bits per heavy atom. The molecule has 1 aromatic heterocycles. The van der Waals surface area contributed by atoms with E-state index in [0.29, 0.717) is 21.5 Å². The normalized spacial score (nSPS) is 13.8. The number of rotatable bonds is 6. The lowest BCUT2D eigenvalue weighted by atomic mass is 10.1. The fourth-order valence-corrected chi connectivity index (χ4v) is 5.80. The van der Waals surface area contributed by atoms with Crippen LogP contribution in [0.5, 0.6) is 5.88 Å². The minimum atomic E-state index is -0.584. The summed E-state index contributed by atoms with van der Waals surface area (Å²) >= 11 is 17.8. The first kappa shape index (κ1) is 25.9. The van der Waals surface area contributed by atoms with Crippen LogP contribution in [0.4, 0.5) is 4.79 Å². The van der Waals surface area contributed by atoms with Crippen molar-refractivity contribution >= 4 is 63.1 Å². The van der Waals surface area contributed by atoms with Gasteiger partial charge in [-0.3, -0.25) is 0 Å². The van der Waals surface area contributed by atoms with Crippen molar-refractivity contribution in [2.24, 2.45) is 0 Å². The third-order valence-corrected chi connectivity index (χ3v) is 7.95. The molecule has 0 saturated heterocycles. The third kappa shape index (κ3) is 6.24. The highest BCUT2D eigenvalue weighted by Gasteiger charge is 2.26. The summed E-state index contributed by atoms with van der Waals surface area (Å²) in [4.78, 5) is 13.1. The molecule has 0 spiro atoms. The van der Waals surface area contributed by atoms with Crippen LogP contribution in [0.3, 0.4) is 0 Å². The van der Waals surface area contributed by atoms with E-state index in [4.69, 9.17) is 27.9 Å². The van der Waals surface area contributed by atoms with Gasteiger partial charge in [0.05, 0.1) is 22.4 Å². The second-order valence-electron chi connectivity index (χ2n) is 8.37. The smallest absolute Gasteiger partial charge is 0.389 e. The number of fused-ring (bicyclic) bond motifs is 1. The van der Waals surface area contributed by atoms with Gasteiger partial charge in [0.1, 0.15) is 0 Å². The predicted molar refractivity (Wildman–Crippen MR) is 155 cm³/mol. The topological polar surface area (TPSA) is 56.1 Å². The SMILES string of the molecule is O=C(N[C@H](C=Cc1ccc(Br)cc1)c1ccccc1)Oc1nn(-c2ccc(Cl)cc2Cl)c2c1CSCC2. The van der Waals surface area contributed by atoms with Crippen LogP contribution >= 0.6 is 50.9 Å². The zero-order chi connectivity index (χ0) is 25.8. The number of aromatic nitrogens is 2. The number of carbonyl (C=O) groups excluding carboxylic acids is 1. The van der Waals surface area contributed by atoms with Crippen LogP contribution < -0.4 is 10.1 Å².